The molecule has 7 heteroatoms. The van der Waals surface area contributed by atoms with E-state index in [1.807, 2.05) is 13.8 Å². The van der Waals surface area contributed by atoms with E-state index in [0.29, 0.717) is 22.5 Å². The first kappa shape index (κ1) is 16.2. The number of furan rings is 1. The fraction of sp³-hybridized carbons (Fsp3) is 0.353. The lowest BCUT2D eigenvalue weighted by Crippen LogP contribution is -2.38. The number of fused-ring (bicyclic) bond motifs is 1. The Labute approximate surface area is 139 Å². The monoisotopic (exact) mass is 328 g/mol. The van der Waals surface area contributed by atoms with Crippen LogP contribution in [0.25, 0.3) is 11.0 Å². The van der Waals surface area contributed by atoms with Crippen LogP contribution in [0, 0.1) is 20.8 Å². The van der Waals surface area contributed by atoms with Gasteiger partial charge in [0.05, 0.1) is 12.1 Å². The SMILES string of the molecule is Cc1cc(C(C)(O)CNC(=O)c2cnc3n[nH]c(C)c3c2)c(C)o1. The van der Waals surface area contributed by atoms with Crippen molar-refractivity contribution in [2.24, 2.45) is 0 Å². The average Bonchev–Trinajstić information content (AvgIpc) is 3.07. The van der Waals surface area contributed by atoms with Gasteiger partial charge < -0.3 is 14.8 Å². The van der Waals surface area contributed by atoms with Crippen molar-refractivity contribution < 1.29 is 14.3 Å². The molecule has 0 saturated heterocycles. The average molecular weight is 328 g/mol. The normalized spacial score (nSPS) is 13.9. The van der Waals surface area contributed by atoms with Crippen LogP contribution in [0.3, 0.4) is 0 Å². The van der Waals surface area contributed by atoms with Gasteiger partial charge in [-0.25, -0.2) is 4.98 Å². The van der Waals surface area contributed by atoms with Crippen molar-refractivity contribution in [3.8, 4) is 0 Å². The third-order valence-corrected chi connectivity index (χ3v) is 4.08. The Hall–Kier alpha value is -2.67. The summed E-state index contributed by atoms with van der Waals surface area (Å²) in [7, 11) is 0. The van der Waals surface area contributed by atoms with Crippen LogP contribution in [0.5, 0.6) is 0 Å². The number of aromatic amines is 1. The van der Waals surface area contributed by atoms with E-state index in [1.165, 1.54) is 6.20 Å². The summed E-state index contributed by atoms with van der Waals surface area (Å²) in [6, 6.07) is 3.52. The number of amides is 1. The van der Waals surface area contributed by atoms with Crippen molar-refractivity contribution in [2.45, 2.75) is 33.3 Å². The highest BCUT2D eigenvalue weighted by Gasteiger charge is 2.28. The molecular weight excluding hydrogens is 308 g/mol. The van der Waals surface area contributed by atoms with E-state index in [2.05, 4.69) is 20.5 Å². The van der Waals surface area contributed by atoms with Gasteiger partial charge >= 0.3 is 0 Å². The van der Waals surface area contributed by atoms with Gasteiger partial charge in [-0.15, -0.1) is 0 Å². The zero-order valence-corrected chi connectivity index (χ0v) is 14.1. The lowest BCUT2D eigenvalue weighted by atomic mass is 9.96. The Balaban J connectivity index is 1.76. The Morgan fingerprint density at radius 1 is 1.38 bits per heavy atom. The maximum atomic E-state index is 12.4. The molecule has 0 spiro atoms. The molecule has 3 rings (SSSR count). The minimum atomic E-state index is -1.22. The van der Waals surface area contributed by atoms with Gasteiger partial charge in [0.25, 0.3) is 5.91 Å². The third-order valence-electron chi connectivity index (χ3n) is 4.08. The molecule has 0 fully saturated rings. The zero-order valence-electron chi connectivity index (χ0n) is 14.1. The smallest absolute Gasteiger partial charge is 0.252 e. The molecule has 7 nitrogen and oxygen atoms in total. The number of hydrogen-bond acceptors (Lipinski definition) is 5. The van der Waals surface area contributed by atoms with Gasteiger partial charge in [-0.2, -0.15) is 5.10 Å². The first-order chi connectivity index (χ1) is 11.3. The molecule has 3 aromatic heterocycles. The molecule has 3 N–H and O–H groups in total. The second-order valence-electron chi connectivity index (χ2n) is 6.23. The molecule has 1 atom stereocenters. The quantitative estimate of drug-likeness (QED) is 0.680. The number of aryl methyl sites for hydroxylation is 3. The molecule has 3 aromatic rings. The van der Waals surface area contributed by atoms with Crippen LogP contribution in [0.15, 0.2) is 22.7 Å². The fourth-order valence-electron chi connectivity index (χ4n) is 2.76. The van der Waals surface area contributed by atoms with Crippen LogP contribution in [0.2, 0.25) is 0 Å². The highest BCUT2D eigenvalue weighted by atomic mass is 16.3. The zero-order chi connectivity index (χ0) is 17.5. The summed E-state index contributed by atoms with van der Waals surface area (Å²) in [6.07, 6.45) is 1.47. The molecule has 0 aromatic carbocycles. The molecule has 0 radical (unpaired) electrons. The van der Waals surface area contributed by atoms with E-state index in [0.717, 1.165) is 16.8 Å². The third kappa shape index (κ3) is 2.90. The van der Waals surface area contributed by atoms with Crippen molar-refractivity contribution in [1.82, 2.24) is 20.5 Å². The van der Waals surface area contributed by atoms with Gasteiger partial charge in [-0.1, -0.05) is 0 Å². The number of H-pyrrole nitrogens is 1. The van der Waals surface area contributed by atoms with Crippen molar-refractivity contribution in [2.75, 3.05) is 6.54 Å². The first-order valence-corrected chi connectivity index (χ1v) is 7.67. The van der Waals surface area contributed by atoms with Crippen LogP contribution in [-0.4, -0.2) is 32.7 Å². The van der Waals surface area contributed by atoms with Gasteiger partial charge in [0, 0.05) is 22.8 Å². The van der Waals surface area contributed by atoms with Crippen molar-refractivity contribution in [3.63, 3.8) is 0 Å². The van der Waals surface area contributed by atoms with E-state index in [1.54, 1.807) is 26.0 Å². The summed E-state index contributed by atoms with van der Waals surface area (Å²) in [6.45, 7) is 7.19. The van der Waals surface area contributed by atoms with Crippen molar-refractivity contribution in [1.29, 1.82) is 0 Å². The van der Waals surface area contributed by atoms with E-state index in [9.17, 15) is 9.90 Å². The van der Waals surface area contributed by atoms with Gasteiger partial charge in [-0.3, -0.25) is 9.89 Å². The molecule has 24 heavy (non-hydrogen) atoms. The van der Waals surface area contributed by atoms with Crippen molar-refractivity contribution >= 4 is 16.9 Å². The summed E-state index contributed by atoms with van der Waals surface area (Å²) in [5, 5.41) is 21.1. The summed E-state index contributed by atoms with van der Waals surface area (Å²) in [5.41, 5.74) is 1.28. The lowest BCUT2D eigenvalue weighted by molar-refractivity contribution is 0.0514. The minimum Gasteiger partial charge on any atom is -0.466 e. The topological polar surface area (TPSA) is 104 Å². The maximum absolute atomic E-state index is 12.4. The summed E-state index contributed by atoms with van der Waals surface area (Å²) < 4.78 is 5.45. The molecular formula is C17H20N4O3. The number of carbonyl (C=O) groups is 1. The molecule has 0 saturated carbocycles. The van der Waals surface area contributed by atoms with E-state index in [4.69, 9.17) is 4.42 Å². The van der Waals surface area contributed by atoms with Gasteiger partial charge in [0.1, 0.15) is 17.1 Å². The summed E-state index contributed by atoms with van der Waals surface area (Å²) in [4.78, 5) is 16.5. The number of carbonyl (C=O) groups excluding carboxylic acids is 1. The molecule has 1 amide bonds. The van der Waals surface area contributed by atoms with Gasteiger partial charge in [0.15, 0.2) is 5.65 Å². The number of aromatic nitrogens is 3. The molecule has 3 heterocycles. The summed E-state index contributed by atoms with van der Waals surface area (Å²) >= 11 is 0. The first-order valence-electron chi connectivity index (χ1n) is 7.67. The Kier molecular flexibility index (Phi) is 3.88. The molecule has 0 aliphatic carbocycles. The van der Waals surface area contributed by atoms with Crippen molar-refractivity contribution in [3.05, 3.63) is 46.7 Å². The van der Waals surface area contributed by atoms with Crippen LogP contribution in [-0.2, 0) is 5.60 Å². The summed E-state index contributed by atoms with van der Waals surface area (Å²) in [5.74, 6) is 1.06. The molecule has 0 aliphatic rings. The number of rotatable bonds is 4. The molecule has 0 aliphatic heterocycles. The Bertz CT molecular complexity index is 908. The largest absolute Gasteiger partial charge is 0.466 e. The number of aliphatic hydroxyl groups is 1. The number of nitrogens with one attached hydrogen (secondary N) is 2. The predicted octanol–water partition coefficient (Wildman–Crippen LogP) is 2.11. The predicted molar refractivity (Wildman–Crippen MR) is 88.7 cm³/mol. The number of pyridine rings is 1. The van der Waals surface area contributed by atoms with Crippen LogP contribution in [0.4, 0.5) is 0 Å². The maximum Gasteiger partial charge on any atom is 0.252 e. The lowest BCUT2D eigenvalue weighted by Gasteiger charge is -2.23. The second-order valence-corrected chi connectivity index (χ2v) is 6.23. The van der Waals surface area contributed by atoms with Gasteiger partial charge in [-0.05, 0) is 39.8 Å². The van der Waals surface area contributed by atoms with E-state index in [-0.39, 0.29) is 12.5 Å². The molecule has 0 bridgehead atoms. The highest BCUT2D eigenvalue weighted by molar-refractivity contribution is 5.97. The van der Waals surface area contributed by atoms with E-state index >= 15 is 0 Å². The fourth-order valence-corrected chi connectivity index (χ4v) is 2.76. The highest BCUT2D eigenvalue weighted by Crippen LogP contribution is 2.26. The van der Waals surface area contributed by atoms with E-state index < -0.39 is 5.60 Å². The van der Waals surface area contributed by atoms with Crippen LogP contribution in [0.1, 0.15) is 40.1 Å². The minimum absolute atomic E-state index is 0.0635. The number of hydrogen-bond donors (Lipinski definition) is 3. The number of nitrogens with zero attached hydrogens (tertiary/aromatic N) is 2. The van der Waals surface area contributed by atoms with Crippen LogP contribution < -0.4 is 5.32 Å². The Morgan fingerprint density at radius 2 is 2.12 bits per heavy atom. The molecule has 126 valence electrons. The molecule has 1 unspecified atom stereocenters. The van der Waals surface area contributed by atoms with Crippen LogP contribution >= 0.6 is 0 Å². The standard InChI is InChI=1S/C17H20N4O3/c1-9-5-14(11(3)24-9)17(4,23)8-19-16(22)12-6-13-10(2)20-21-15(13)18-7-12/h5-7,23H,8H2,1-4H3,(H,19,22)(H,18,20,21). The second kappa shape index (κ2) is 5.76. The van der Waals surface area contributed by atoms with Gasteiger partial charge in [0.2, 0.25) is 0 Å². The Morgan fingerprint density at radius 3 is 2.79 bits per heavy atom.